The van der Waals surface area contributed by atoms with Crippen molar-refractivity contribution in [3.05, 3.63) is 70.4 Å². The molecule has 1 fully saturated rings. The molecule has 1 saturated heterocycles. The number of methoxy groups -OCH3 is 1. The molecule has 0 amide bonds. The van der Waals surface area contributed by atoms with E-state index in [1.807, 2.05) is 0 Å². The average Bonchev–Trinajstić information content (AvgIpc) is 3.23. The number of rotatable bonds is 9. The zero-order valence-electron chi connectivity index (χ0n) is 22.0. The van der Waals surface area contributed by atoms with Gasteiger partial charge in [0.15, 0.2) is 5.82 Å². The van der Waals surface area contributed by atoms with Crippen LogP contribution < -0.4 is 16.0 Å². The molecular formula is C29H37ClN6O. The summed E-state index contributed by atoms with van der Waals surface area (Å²) in [6.07, 6.45) is 4.01. The van der Waals surface area contributed by atoms with Crippen LogP contribution in [0.3, 0.4) is 0 Å². The Morgan fingerprint density at radius 1 is 1.14 bits per heavy atom. The lowest BCUT2D eigenvalue weighted by Crippen LogP contribution is -2.35. The van der Waals surface area contributed by atoms with Crippen molar-refractivity contribution < 1.29 is 4.74 Å². The molecule has 7 nitrogen and oxygen atoms in total. The normalized spacial score (nSPS) is 17.3. The zero-order chi connectivity index (χ0) is 25.8. The lowest BCUT2D eigenvalue weighted by Gasteiger charge is -2.32. The van der Waals surface area contributed by atoms with Crippen LogP contribution in [0.15, 0.2) is 48.7 Å². The predicted molar refractivity (Wildman–Crippen MR) is 152 cm³/mol. The van der Waals surface area contributed by atoms with E-state index in [-0.39, 0.29) is 5.41 Å². The number of nitrogens with zero attached hydrogens (tertiary/aromatic N) is 3. The van der Waals surface area contributed by atoms with E-state index < -0.39 is 0 Å². The summed E-state index contributed by atoms with van der Waals surface area (Å²) in [5.41, 5.74) is 6.25. The number of benzene rings is 2. The van der Waals surface area contributed by atoms with Gasteiger partial charge in [-0.1, -0.05) is 49.7 Å². The van der Waals surface area contributed by atoms with E-state index in [1.165, 1.54) is 35.2 Å². The predicted octanol–water partition coefficient (Wildman–Crippen LogP) is 6.01. The van der Waals surface area contributed by atoms with Gasteiger partial charge < -0.3 is 25.6 Å². The molecule has 2 aromatic carbocycles. The highest BCUT2D eigenvalue weighted by Gasteiger charge is 2.31. The van der Waals surface area contributed by atoms with Gasteiger partial charge in [-0.3, -0.25) is 0 Å². The van der Waals surface area contributed by atoms with Crippen molar-refractivity contribution in [2.24, 2.45) is 0 Å². The summed E-state index contributed by atoms with van der Waals surface area (Å²) in [4.78, 5) is 11.5. The van der Waals surface area contributed by atoms with Crippen molar-refractivity contribution in [2.75, 3.05) is 55.8 Å². The second-order valence-electron chi connectivity index (χ2n) is 10.7. The van der Waals surface area contributed by atoms with Crippen LogP contribution in [-0.4, -0.2) is 54.8 Å². The minimum absolute atomic E-state index is 0.0863. The van der Waals surface area contributed by atoms with E-state index in [1.54, 1.807) is 13.3 Å². The molecule has 0 atom stereocenters. The molecule has 196 valence electrons. The molecule has 0 radical (unpaired) electrons. The van der Waals surface area contributed by atoms with Crippen molar-refractivity contribution in [3.63, 3.8) is 0 Å². The second kappa shape index (κ2) is 11.3. The highest BCUT2D eigenvalue weighted by molar-refractivity contribution is 6.32. The first-order valence-electron chi connectivity index (χ1n) is 13.1. The van der Waals surface area contributed by atoms with E-state index >= 15 is 0 Å². The second-order valence-corrected chi connectivity index (χ2v) is 11.1. The summed E-state index contributed by atoms with van der Waals surface area (Å²) < 4.78 is 5.22. The summed E-state index contributed by atoms with van der Waals surface area (Å²) >= 11 is 6.45. The zero-order valence-corrected chi connectivity index (χ0v) is 22.7. The van der Waals surface area contributed by atoms with Gasteiger partial charge in [0.25, 0.3) is 0 Å². The molecule has 0 bridgehead atoms. The van der Waals surface area contributed by atoms with Crippen LogP contribution in [0.1, 0.15) is 49.3 Å². The van der Waals surface area contributed by atoms with E-state index in [0.29, 0.717) is 29.3 Å². The fourth-order valence-corrected chi connectivity index (χ4v) is 5.66. The van der Waals surface area contributed by atoms with E-state index in [0.717, 1.165) is 38.5 Å². The molecular weight excluding hydrogens is 484 g/mol. The number of halogens is 1. The Balaban J connectivity index is 1.21. The maximum atomic E-state index is 6.45. The summed E-state index contributed by atoms with van der Waals surface area (Å²) in [7, 11) is 1.77. The van der Waals surface area contributed by atoms with Gasteiger partial charge in [-0.2, -0.15) is 4.98 Å². The number of ether oxygens (including phenoxy) is 1. The molecule has 8 heteroatoms. The van der Waals surface area contributed by atoms with E-state index in [4.69, 9.17) is 16.3 Å². The summed E-state index contributed by atoms with van der Waals surface area (Å²) in [6, 6.07) is 15.1. The quantitative estimate of drug-likeness (QED) is 0.319. The van der Waals surface area contributed by atoms with Crippen molar-refractivity contribution in [1.29, 1.82) is 0 Å². The van der Waals surface area contributed by atoms with Gasteiger partial charge in [0.2, 0.25) is 5.95 Å². The maximum Gasteiger partial charge on any atom is 0.229 e. The van der Waals surface area contributed by atoms with Crippen LogP contribution in [0.25, 0.3) is 0 Å². The fraction of sp³-hybridized carbons (Fsp3) is 0.448. The molecule has 3 heterocycles. The van der Waals surface area contributed by atoms with Crippen LogP contribution in [0, 0.1) is 0 Å². The number of fused-ring (bicyclic) bond motifs is 1. The summed E-state index contributed by atoms with van der Waals surface area (Å²) in [5.74, 6) is 1.75. The topological polar surface area (TPSA) is 74.3 Å². The Labute approximate surface area is 225 Å². The van der Waals surface area contributed by atoms with Crippen molar-refractivity contribution >= 4 is 34.7 Å². The number of piperidine rings is 1. The first-order chi connectivity index (χ1) is 17.9. The third-order valence-corrected chi connectivity index (χ3v) is 7.85. The lowest BCUT2D eigenvalue weighted by atomic mass is 9.84. The Morgan fingerprint density at radius 2 is 1.92 bits per heavy atom. The number of hydrogen-bond acceptors (Lipinski definition) is 7. The molecule has 5 rings (SSSR count). The largest absolute Gasteiger partial charge is 0.384 e. The summed E-state index contributed by atoms with van der Waals surface area (Å²) in [6.45, 7) is 10.2. The fourth-order valence-electron chi connectivity index (χ4n) is 5.51. The smallest absolute Gasteiger partial charge is 0.229 e. The molecule has 0 unspecified atom stereocenters. The SMILES string of the molecule is COCCN1CCC(c2ccc(Nc3ncc(Cl)c(NCc4cccc5c4C(C)(C)CN5)n3)cc2)CC1. The van der Waals surface area contributed by atoms with E-state index in [2.05, 4.69) is 87.1 Å². The number of likely N-dealkylation sites (tertiary alicyclic amines) is 1. The Hall–Kier alpha value is -2.87. The minimum atomic E-state index is 0.0863. The lowest BCUT2D eigenvalue weighted by molar-refractivity contribution is 0.130. The van der Waals surface area contributed by atoms with Crippen LogP contribution in [0.5, 0.6) is 0 Å². The van der Waals surface area contributed by atoms with Crippen LogP contribution in [0.4, 0.5) is 23.1 Å². The highest BCUT2D eigenvalue weighted by Crippen LogP contribution is 2.39. The Bertz CT molecular complexity index is 1210. The first-order valence-corrected chi connectivity index (χ1v) is 13.5. The van der Waals surface area contributed by atoms with Gasteiger partial charge in [-0.15, -0.1) is 0 Å². The molecule has 2 aliphatic rings. The molecule has 1 aromatic heterocycles. The van der Waals surface area contributed by atoms with Gasteiger partial charge >= 0.3 is 0 Å². The average molecular weight is 521 g/mol. The molecule has 3 aromatic rings. The minimum Gasteiger partial charge on any atom is -0.384 e. The molecule has 3 N–H and O–H groups in total. The first kappa shape index (κ1) is 25.8. The third-order valence-electron chi connectivity index (χ3n) is 7.58. The number of aromatic nitrogens is 2. The molecule has 37 heavy (non-hydrogen) atoms. The van der Waals surface area contributed by atoms with Crippen LogP contribution in [-0.2, 0) is 16.7 Å². The monoisotopic (exact) mass is 520 g/mol. The van der Waals surface area contributed by atoms with E-state index in [9.17, 15) is 0 Å². The Kier molecular flexibility index (Phi) is 7.84. The van der Waals surface area contributed by atoms with Gasteiger partial charge in [-0.05, 0) is 66.7 Å². The van der Waals surface area contributed by atoms with Gasteiger partial charge in [0, 0.05) is 43.5 Å². The standard InChI is InChI=1S/C29H37ClN6O/c1-29(2)19-33-25-6-4-5-22(26(25)29)17-31-27-24(30)18-32-28(35-27)34-23-9-7-20(8-10-23)21-11-13-36(14-12-21)15-16-37-3/h4-10,18,21,33H,11-17,19H2,1-3H3,(H2,31,32,34,35). The van der Waals surface area contributed by atoms with Crippen molar-refractivity contribution in [1.82, 2.24) is 14.9 Å². The molecule has 0 saturated carbocycles. The van der Waals surface area contributed by atoms with Crippen molar-refractivity contribution in [2.45, 2.75) is 44.6 Å². The maximum absolute atomic E-state index is 6.45. The van der Waals surface area contributed by atoms with Gasteiger partial charge in [0.1, 0.15) is 5.02 Å². The van der Waals surface area contributed by atoms with Gasteiger partial charge in [0.05, 0.1) is 12.8 Å². The highest BCUT2D eigenvalue weighted by atomic mass is 35.5. The molecule has 0 aliphatic carbocycles. The number of hydrogen-bond donors (Lipinski definition) is 3. The summed E-state index contributed by atoms with van der Waals surface area (Å²) in [5, 5.41) is 10.8. The van der Waals surface area contributed by atoms with Gasteiger partial charge in [-0.25, -0.2) is 4.98 Å². The van der Waals surface area contributed by atoms with Crippen LogP contribution >= 0.6 is 11.6 Å². The Morgan fingerprint density at radius 3 is 2.68 bits per heavy atom. The van der Waals surface area contributed by atoms with Crippen LogP contribution in [0.2, 0.25) is 5.02 Å². The third kappa shape index (κ3) is 6.00. The number of anilines is 4. The van der Waals surface area contributed by atoms with Crippen molar-refractivity contribution in [3.8, 4) is 0 Å². The number of nitrogens with one attached hydrogen (secondary N) is 3. The molecule has 2 aliphatic heterocycles. The molecule has 0 spiro atoms.